The summed E-state index contributed by atoms with van der Waals surface area (Å²) >= 11 is 0. The van der Waals surface area contributed by atoms with Crippen molar-refractivity contribution in [1.29, 1.82) is 0 Å². The number of hydrogen-bond donors (Lipinski definition) is 0. The molecule has 0 spiro atoms. The van der Waals surface area contributed by atoms with Gasteiger partial charge in [-0.25, -0.2) is 4.79 Å². The molecule has 1 saturated heterocycles. The largest absolute Gasteiger partial charge is 0.458 e. The zero-order valence-corrected chi connectivity index (χ0v) is 14.8. The van der Waals surface area contributed by atoms with Gasteiger partial charge in [-0.15, -0.1) is 0 Å². The highest BCUT2D eigenvalue weighted by atomic mass is 16.6. The molecule has 4 rings (SSSR count). The van der Waals surface area contributed by atoms with Crippen molar-refractivity contribution < 1.29 is 19.1 Å². The van der Waals surface area contributed by atoms with E-state index in [9.17, 15) is 9.59 Å². The smallest absolute Gasteiger partial charge is 0.334 e. The highest BCUT2D eigenvalue weighted by molar-refractivity contribution is 5.90. The van der Waals surface area contributed by atoms with Crippen LogP contribution >= 0.6 is 0 Å². The molecule has 1 unspecified atom stereocenters. The quantitative estimate of drug-likeness (QED) is 0.586. The number of rotatable bonds is 3. The molecule has 4 aliphatic rings. The maximum absolute atomic E-state index is 12.5. The fourth-order valence-electron chi connectivity index (χ4n) is 6.04. The van der Waals surface area contributed by atoms with Gasteiger partial charge in [0.2, 0.25) is 0 Å². The predicted molar refractivity (Wildman–Crippen MR) is 89.0 cm³/mol. The van der Waals surface area contributed by atoms with Gasteiger partial charge in [-0.05, 0) is 63.0 Å². The summed E-state index contributed by atoms with van der Waals surface area (Å²) in [6.07, 6.45) is 8.83. The lowest BCUT2D eigenvalue weighted by Gasteiger charge is -2.54. The Hall–Kier alpha value is -1.58. The molecule has 2 fully saturated rings. The minimum atomic E-state index is -0.349. The lowest BCUT2D eigenvalue weighted by Crippen LogP contribution is -2.52. The van der Waals surface area contributed by atoms with Crippen LogP contribution in [-0.4, -0.2) is 24.6 Å². The Bertz CT molecular complexity index is 661. The first-order chi connectivity index (χ1) is 11.4. The predicted octanol–water partition coefficient (Wildman–Crippen LogP) is 3.56. The maximum atomic E-state index is 12.5. The van der Waals surface area contributed by atoms with Crippen molar-refractivity contribution >= 4 is 11.9 Å². The van der Waals surface area contributed by atoms with E-state index in [-0.39, 0.29) is 34.8 Å². The van der Waals surface area contributed by atoms with Crippen molar-refractivity contribution in [1.82, 2.24) is 0 Å². The van der Waals surface area contributed by atoms with Crippen LogP contribution in [-0.2, 0) is 19.1 Å². The van der Waals surface area contributed by atoms with Crippen LogP contribution in [0.5, 0.6) is 0 Å². The van der Waals surface area contributed by atoms with Crippen LogP contribution in [0.25, 0.3) is 0 Å². The van der Waals surface area contributed by atoms with Crippen LogP contribution in [0.15, 0.2) is 23.3 Å². The van der Waals surface area contributed by atoms with Gasteiger partial charge in [0, 0.05) is 11.5 Å². The van der Waals surface area contributed by atoms with E-state index in [0.717, 1.165) is 37.7 Å². The normalized spacial score (nSPS) is 43.7. The molecule has 0 bridgehead atoms. The Kier molecular flexibility index (Phi) is 3.45. The zero-order chi connectivity index (χ0) is 17.1. The second-order valence-corrected chi connectivity index (χ2v) is 8.45. The Morgan fingerprint density at radius 2 is 2.04 bits per heavy atom. The summed E-state index contributed by atoms with van der Waals surface area (Å²) in [6, 6.07) is 0. The third-order valence-corrected chi connectivity index (χ3v) is 7.13. The van der Waals surface area contributed by atoms with E-state index in [1.807, 2.05) is 6.08 Å². The van der Waals surface area contributed by atoms with Gasteiger partial charge in [-0.1, -0.05) is 18.9 Å². The van der Waals surface area contributed by atoms with Crippen LogP contribution in [0.3, 0.4) is 0 Å². The third-order valence-electron chi connectivity index (χ3n) is 7.13. The summed E-state index contributed by atoms with van der Waals surface area (Å²) in [4.78, 5) is 24.2. The number of carbonyl (C=O) groups excluding carboxylic acids is 2. The molecule has 2 aliphatic carbocycles. The van der Waals surface area contributed by atoms with E-state index >= 15 is 0 Å². The van der Waals surface area contributed by atoms with E-state index in [1.54, 1.807) is 0 Å². The van der Waals surface area contributed by atoms with Crippen molar-refractivity contribution in [3.63, 3.8) is 0 Å². The molecule has 4 heteroatoms. The lowest BCUT2D eigenvalue weighted by atomic mass is 9.48. The summed E-state index contributed by atoms with van der Waals surface area (Å²) in [5.41, 5.74) is 1.83. The molecule has 0 amide bonds. The Morgan fingerprint density at radius 1 is 1.25 bits per heavy atom. The molecule has 5 atom stereocenters. The van der Waals surface area contributed by atoms with Crippen molar-refractivity contribution in [3.8, 4) is 0 Å². The van der Waals surface area contributed by atoms with Gasteiger partial charge in [-0.3, -0.25) is 4.79 Å². The highest BCUT2D eigenvalue weighted by Crippen LogP contribution is 2.64. The molecular weight excluding hydrogens is 304 g/mol. The van der Waals surface area contributed by atoms with Gasteiger partial charge in [-0.2, -0.15) is 0 Å². The molecule has 0 aromatic carbocycles. The molecule has 4 nitrogen and oxygen atoms in total. The lowest BCUT2D eigenvalue weighted by molar-refractivity contribution is -0.148. The van der Waals surface area contributed by atoms with Gasteiger partial charge >= 0.3 is 11.9 Å². The number of carbonyl (C=O) groups is 2. The van der Waals surface area contributed by atoms with Crippen LogP contribution < -0.4 is 0 Å². The van der Waals surface area contributed by atoms with Gasteiger partial charge < -0.3 is 9.47 Å². The zero-order valence-electron chi connectivity index (χ0n) is 14.8. The minimum absolute atomic E-state index is 0.0183. The topological polar surface area (TPSA) is 52.6 Å². The Balaban J connectivity index is 1.64. The maximum Gasteiger partial charge on any atom is 0.334 e. The molecular formula is C20H26O4. The van der Waals surface area contributed by atoms with Crippen molar-refractivity contribution in [3.05, 3.63) is 23.3 Å². The number of cyclic esters (lactones) is 1. The molecule has 0 N–H and O–H groups in total. The first-order valence-electron chi connectivity index (χ1n) is 9.12. The van der Waals surface area contributed by atoms with Gasteiger partial charge in [0.25, 0.3) is 0 Å². The van der Waals surface area contributed by atoms with Crippen LogP contribution in [0.1, 0.15) is 52.9 Å². The SMILES string of the molecule is CC1=CC2OC(=O)[C@]3(C)CCC[C@@](C)([C@@H]23)[C@H]1CCC1=CCOC1=O. The Labute approximate surface area is 143 Å². The summed E-state index contributed by atoms with van der Waals surface area (Å²) < 4.78 is 10.8. The number of ether oxygens (including phenoxy) is 2. The molecule has 24 heavy (non-hydrogen) atoms. The van der Waals surface area contributed by atoms with Gasteiger partial charge in [0.15, 0.2) is 0 Å². The molecule has 130 valence electrons. The fourth-order valence-corrected chi connectivity index (χ4v) is 6.04. The molecule has 1 saturated carbocycles. The third kappa shape index (κ3) is 2.04. The minimum Gasteiger partial charge on any atom is -0.458 e. The molecule has 0 aromatic heterocycles. The molecule has 0 aromatic rings. The summed E-state index contributed by atoms with van der Waals surface area (Å²) in [5.74, 6) is 0.463. The van der Waals surface area contributed by atoms with E-state index in [0.29, 0.717) is 12.5 Å². The fraction of sp³-hybridized carbons (Fsp3) is 0.700. The molecule has 2 aliphatic heterocycles. The first-order valence-corrected chi connectivity index (χ1v) is 9.12. The van der Waals surface area contributed by atoms with Gasteiger partial charge in [0.1, 0.15) is 12.7 Å². The number of esters is 2. The molecule has 0 radical (unpaired) electrons. The van der Waals surface area contributed by atoms with Crippen molar-refractivity contribution in [2.45, 2.75) is 59.0 Å². The second kappa shape index (κ2) is 5.21. The first kappa shape index (κ1) is 15.9. The van der Waals surface area contributed by atoms with Crippen LogP contribution in [0, 0.1) is 22.7 Å². The van der Waals surface area contributed by atoms with E-state index < -0.39 is 0 Å². The number of allylic oxidation sites excluding steroid dienone is 1. The summed E-state index contributed by atoms with van der Waals surface area (Å²) in [6.45, 7) is 7.01. The number of hydrogen-bond acceptors (Lipinski definition) is 4. The van der Waals surface area contributed by atoms with Crippen molar-refractivity contribution in [2.24, 2.45) is 22.7 Å². The summed E-state index contributed by atoms with van der Waals surface area (Å²) in [5, 5.41) is 0. The van der Waals surface area contributed by atoms with E-state index in [1.165, 1.54) is 5.57 Å². The summed E-state index contributed by atoms with van der Waals surface area (Å²) in [7, 11) is 0. The second-order valence-electron chi connectivity index (χ2n) is 8.45. The standard InChI is InChI=1S/C20H26O4/c1-12-11-15-16-19(2,8-4-9-20(16,3)18(22)24-15)14(12)6-5-13-7-10-23-17(13)21/h7,11,14-16H,4-6,8-10H2,1-3H3/t14-,15?,16+,19+,20+/m0/s1. The highest BCUT2D eigenvalue weighted by Gasteiger charge is 2.65. The van der Waals surface area contributed by atoms with Crippen LogP contribution in [0.2, 0.25) is 0 Å². The molecule has 2 heterocycles. The average molecular weight is 330 g/mol. The van der Waals surface area contributed by atoms with Gasteiger partial charge in [0.05, 0.1) is 5.41 Å². The van der Waals surface area contributed by atoms with E-state index in [2.05, 4.69) is 26.8 Å². The van der Waals surface area contributed by atoms with Crippen LogP contribution in [0.4, 0.5) is 0 Å². The average Bonchev–Trinajstić information content (AvgIpc) is 3.01. The van der Waals surface area contributed by atoms with E-state index in [4.69, 9.17) is 9.47 Å². The Morgan fingerprint density at radius 3 is 2.75 bits per heavy atom. The van der Waals surface area contributed by atoms with Crippen molar-refractivity contribution in [2.75, 3.05) is 6.61 Å². The monoisotopic (exact) mass is 330 g/mol.